The van der Waals surface area contributed by atoms with Gasteiger partial charge in [-0.1, -0.05) is 24.6 Å². The van der Waals surface area contributed by atoms with Crippen LogP contribution in [0.15, 0.2) is 24.3 Å². The molecule has 0 spiro atoms. The molecule has 0 aliphatic rings. The third-order valence-electron chi connectivity index (χ3n) is 2.33. The van der Waals surface area contributed by atoms with Crippen LogP contribution in [0.4, 0.5) is 0 Å². The van der Waals surface area contributed by atoms with Crippen LogP contribution in [0, 0.1) is 5.92 Å². The summed E-state index contributed by atoms with van der Waals surface area (Å²) in [5, 5.41) is 5.59. The molecule has 0 saturated carbocycles. The Bertz CT molecular complexity index is 462. The number of nitrogens with two attached hydrogens (primary N) is 1. The zero-order chi connectivity index (χ0) is 12.9. The third-order valence-corrected chi connectivity index (χ3v) is 3.50. The Labute approximate surface area is 107 Å². The van der Waals surface area contributed by atoms with Crippen LogP contribution in [0.25, 0.3) is 0 Å². The quantitative estimate of drug-likeness (QED) is 0.865. The molecular formula is C11H16ClNO3S. The first kappa shape index (κ1) is 14.3. The van der Waals surface area contributed by atoms with E-state index in [1.54, 1.807) is 24.3 Å². The van der Waals surface area contributed by atoms with Crippen LogP contribution in [-0.4, -0.2) is 20.8 Å². The molecular weight excluding hydrogens is 262 g/mol. The molecule has 0 saturated heterocycles. The fourth-order valence-corrected chi connectivity index (χ4v) is 2.55. The standard InChI is InChI=1S/C11H16ClNO3S/c1-2-9(8-17(13,14)15)7-16-11-5-3-4-10(12)6-11/h3-6,9H,2,7-8H2,1H3,(H2,13,14,15). The second-order valence-corrected chi connectivity index (χ2v) is 5.97. The van der Waals surface area contributed by atoms with Gasteiger partial charge in [0.15, 0.2) is 0 Å². The van der Waals surface area contributed by atoms with Crippen LogP contribution in [-0.2, 0) is 10.0 Å². The van der Waals surface area contributed by atoms with Crippen molar-refractivity contribution in [3.8, 4) is 5.75 Å². The van der Waals surface area contributed by atoms with E-state index in [0.29, 0.717) is 23.8 Å². The molecule has 0 bridgehead atoms. The number of primary sulfonamides is 1. The number of hydrogen-bond donors (Lipinski definition) is 1. The van der Waals surface area contributed by atoms with Gasteiger partial charge in [-0.05, 0) is 24.6 Å². The lowest BCUT2D eigenvalue weighted by Crippen LogP contribution is -2.26. The second kappa shape index (κ2) is 6.23. The summed E-state index contributed by atoms with van der Waals surface area (Å²) in [4.78, 5) is 0. The second-order valence-electron chi connectivity index (χ2n) is 3.87. The Hall–Kier alpha value is -0.780. The summed E-state index contributed by atoms with van der Waals surface area (Å²) >= 11 is 5.80. The zero-order valence-electron chi connectivity index (χ0n) is 9.60. The molecule has 0 fully saturated rings. The molecule has 1 rings (SSSR count). The summed E-state index contributed by atoms with van der Waals surface area (Å²) in [6.07, 6.45) is 0.691. The molecule has 17 heavy (non-hydrogen) atoms. The SMILES string of the molecule is CCC(COc1cccc(Cl)c1)CS(N)(=O)=O. The van der Waals surface area contributed by atoms with Gasteiger partial charge >= 0.3 is 0 Å². The van der Waals surface area contributed by atoms with Crippen molar-refractivity contribution in [1.29, 1.82) is 0 Å². The molecule has 6 heteroatoms. The van der Waals surface area contributed by atoms with Gasteiger partial charge in [0.05, 0.1) is 12.4 Å². The number of ether oxygens (including phenoxy) is 1. The van der Waals surface area contributed by atoms with E-state index in [0.717, 1.165) is 0 Å². The predicted octanol–water partition coefficient (Wildman–Crippen LogP) is 2.03. The first-order valence-electron chi connectivity index (χ1n) is 5.29. The van der Waals surface area contributed by atoms with Crippen LogP contribution in [0.2, 0.25) is 5.02 Å². The average molecular weight is 278 g/mol. The predicted molar refractivity (Wildman–Crippen MR) is 68.7 cm³/mol. The lowest BCUT2D eigenvalue weighted by molar-refractivity contribution is 0.257. The first-order valence-corrected chi connectivity index (χ1v) is 7.39. The molecule has 1 atom stereocenters. The lowest BCUT2D eigenvalue weighted by atomic mass is 10.1. The zero-order valence-corrected chi connectivity index (χ0v) is 11.2. The van der Waals surface area contributed by atoms with E-state index in [9.17, 15) is 8.42 Å². The van der Waals surface area contributed by atoms with E-state index in [4.69, 9.17) is 21.5 Å². The normalized spacial score (nSPS) is 13.4. The number of sulfonamides is 1. The van der Waals surface area contributed by atoms with Crippen LogP contribution in [0.5, 0.6) is 5.75 Å². The summed E-state index contributed by atoms with van der Waals surface area (Å²) in [5.74, 6) is 0.457. The van der Waals surface area contributed by atoms with E-state index < -0.39 is 10.0 Å². The molecule has 0 aliphatic heterocycles. The highest BCUT2D eigenvalue weighted by Crippen LogP contribution is 2.18. The monoisotopic (exact) mass is 277 g/mol. The Balaban J connectivity index is 2.53. The maximum absolute atomic E-state index is 11.0. The molecule has 0 aromatic heterocycles. The summed E-state index contributed by atoms with van der Waals surface area (Å²) in [6.45, 7) is 2.21. The van der Waals surface area contributed by atoms with Gasteiger partial charge in [-0.3, -0.25) is 0 Å². The molecule has 1 aromatic carbocycles. The summed E-state index contributed by atoms with van der Waals surface area (Å²) in [7, 11) is -3.45. The fourth-order valence-electron chi connectivity index (χ4n) is 1.38. The Morgan fingerprint density at radius 3 is 2.71 bits per heavy atom. The Morgan fingerprint density at radius 2 is 2.18 bits per heavy atom. The lowest BCUT2D eigenvalue weighted by Gasteiger charge is -2.14. The minimum Gasteiger partial charge on any atom is -0.493 e. The van der Waals surface area contributed by atoms with Gasteiger partial charge in [0, 0.05) is 10.9 Å². The fraction of sp³-hybridized carbons (Fsp3) is 0.455. The van der Waals surface area contributed by atoms with Gasteiger partial charge in [0.1, 0.15) is 5.75 Å². The highest BCUT2D eigenvalue weighted by molar-refractivity contribution is 7.89. The average Bonchev–Trinajstić information content (AvgIpc) is 2.23. The third kappa shape index (κ3) is 5.91. The van der Waals surface area contributed by atoms with Crippen molar-refractivity contribution < 1.29 is 13.2 Å². The molecule has 1 aromatic rings. The topological polar surface area (TPSA) is 69.4 Å². The van der Waals surface area contributed by atoms with Crippen molar-refractivity contribution in [1.82, 2.24) is 0 Å². The number of benzene rings is 1. The molecule has 0 aliphatic carbocycles. The molecule has 1 unspecified atom stereocenters. The highest BCUT2D eigenvalue weighted by Gasteiger charge is 2.14. The smallest absolute Gasteiger partial charge is 0.209 e. The van der Waals surface area contributed by atoms with Gasteiger partial charge in [0.25, 0.3) is 0 Å². The molecule has 0 radical (unpaired) electrons. The van der Waals surface area contributed by atoms with E-state index in [1.165, 1.54) is 0 Å². The van der Waals surface area contributed by atoms with Crippen molar-refractivity contribution in [3.05, 3.63) is 29.3 Å². The van der Waals surface area contributed by atoms with Crippen molar-refractivity contribution in [2.75, 3.05) is 12.4 Å². The Morgan fingerprint density at radius 1 is 1.47 bits per heavy atom. The van der Waals surface area contributed by atoms with E-state index >= 15 is 0 Å². The number of hydrogen-bond acceptors (Lipinski definition) is 3. The molecule has 0 heterocycles. The van der Waals surface area contributed by atoms with Gasteiger partial charge < -0.3 is 4.74 Å². The van der Waals surface area contributed by atoms with Crippen LogP contribution in [0.3, 0.4) is 0 Å². The largest absolute Gasteiger partial charge is 0.493 e. The first-order chi connectivity index (χ1) is 7.90. The van der Waals surface area contributed by atoms with Gasteiger partial charge in [-0.15, -0.1) is 0 Å². The maximum atomic E-state index is 11.0. The van der Waals surface area contributed by atoms with Gasteiger partial charge in [0.2, 0.25) is 10.0 Å². The van der Waals surface area contributed by atoms with Crippen LogP contribution >= 0.6 is 11.6 Å². The van der Waals surface area contributed by atoms with Crippen LogP contribution < -0.4 is 9.88 Å². The molecule has 96 valence electrons. The summed E-state index contributed by atoms with van der Waals surface area (Å²) in [6, 6.07) is 6.98. The van der Waals surface area contributed by atoms with Crippen molar-refractivity contribution in [2.45, 2.75) is 13.3 Å². The molecule has 2 N–H and O–H groups in total. The van der Waals surface area contributed by atoms with Gasteiger partial charge in [-0.2, -0.15) is 0 Å². The molecule has 0 amide bonds. The minimum atomic E-state index is -3.45. The summed E-state index contributed by atoms with van der Waals surface area (Å²) < 4.78 is 27.4. The highest BCUT2D eigenvalue weighted by atomic mass is 35.5. The Kier molecular flexibility index (Phi) is 5.24. The van der Waals surface area contributed by atoms with Crippen LogP contribution in [0.1, 0.15) is 13.3 Å². The number of halogens is 1. The van der Waals surface area contributed by atoms with Crippen molar-refractivity contribution in [3.63, 3.8) is 0 Å². The minimum absolute atomic E-state index is 0.0654. The summed E-state index contributed by atoms with van der Waals surface area (Å²) in [5.41, 5.74) is 0. The maximum Gasteiger partial charge on any atom is 0.209 e. The van der Waals surface area contributed by atoms with Crippen molar-refractivity contribution >= 4 is 21.6 Å². The van der Waals surface area contributed by atoms with Gasteiger partial charge in [-0.25, -0.2) is 13.6 Å². The molecule has 4 nitrogen and oxygen atoms in total. The van der Waals surface area contributed by atoms with E-state index in [2.05, 4.69) is 0 Å². The van der Waals surface area contributed by atoms with E-state index in [-0.39, 0.29) is 11.7 Å². The van der Waals surface area contributed by atoms with E-state index in [1.807, 2.05) is 6.92 Å². The number of rotatable bonds is 6. The van der Waals surface area contributed by atoms with Crippen molar-refractivity contribution in [2.24, 2.45) is 11.1 Å².